The largest absolute Gasteiger partial charge is 0.383 e. The maximum atomic E-state index is 5.91. The number of thioether (sulfide) groups is 1. The van der Waals surface area contributed by atoms with Gasteiger partial charge in [-0.05, 0) is 33.8 Å². The monoisotopic (exact) mass is 353 g/mol. The van der Waals surface area contributed by atoms with E-state index < -0.39 is 0 Å². The third-order valence-corrected chi connectivity index (χ3v) is 4.41. The number of hydrogen-bond acceptors (Lipinski definition) is 5. The highest BCUT2D eigenvalue weighted by Gasteiger charge is 2.11. The van der Waals surface area contributed by atoms with E-state index in [2.05, 4.69) is 45.0 Å². The minimum atomic E-state index is 0.393. The van der Waals surface area contributed by atoms with Crippen LogP contribution in [0.5, 0.6) is 0 Å². The molecule has 6 heteroatoms. The summed E-state index contributed by atoms with van der Waals surface area (Å²) in [6.45, 7) is 2.53. The molecule has 0 aliphatic rings. The minimum absolute atomic E-state index is 0.393. The van der Waals surface area contributed by atoms with E-state index in [4.69, 9.17) is 10.5 Å². The number of nitrogens with two attached hydrogens (primary N) is 1. The van der Waals surface area contributed by atoms with E-state index in [-0.39, 0.29) is 0 Å². The predicted octanol–water partition coefficient (Wildman–Crippen LogP) is 3.75. The smallest absolute Gasteiger partial charge is 0.161 e. The van der Waals surface area contributed by atoms with E-state index in [1.54, 1.807) is 18.9 Å². The van der Waals surface area contributed by atoms with Gasteiger partial charge in [0.1, 0.15) is 5.82 Å². The van der Waals surface area contributed by atoms with E-state index in [1.165, 1.54) is 4.90 Å². The molecule has 2 N–H and O–H groups in total. The number of halogens is 1. The van der Waals surface area contributed by atoms with Gasteiger partial charge in [0.05, 0.1) is 16.8 Å². The molecule has 4 nitrogen and oxygen atoms in total. The van der Waals surface area contributed by atoms with E-state index in [1.807, 2.05) is 12.1 Å². The van der Waals surface area contributed by atoms with Gasteiger partial charge in [-0.25, -0.2) is 9.97 Å². The van der Waals surface area contributed by atoms with Gasteiger partial charge in [0.15, 0.2) is 5.82 Å². The Hall–Kier alpha value is -1.11. The van der Waals surface area contributed by atoms with Gasteiger partial charge in [-0.15, -0.1) is 11.8 Å². The normalized spacial score (nSPS) is 10.8. The molecule has 2 rings (SSSR count). The van der Waals surface area contributed by atoms with Gasteiger partial charge in [-0.3, -0.25) is 0 Å². The first-order chi connectivity index (χ1) is 9.65. The van der Waals surface area contributed by atoms with Crippen molar-refractivity contribution in [2.75, 3.05) is 18.6 Å². The molecule has 0 fully saturated rings. The van der Waals surface area contributed by atoms with Crippen LogP contribution in [0.4, 0.5) is 5.82 Å². The molecule has 2 aromatic rings. The lowest BCUT2D eigenvalue weighted by atomic mass is 10.2. The van der Waals surface area contributed by atoms with Crippen LogP contribution in [0, 0.1) is 0 Å². The molecule has 1 heterocycles. The number of nitrogens with zero attached hydrogens (tertiary/aromatic N) is 2. The number of benzene rings is 1. The lowest BCUT2D eigenvalue weighted by Crippen LogP contribution is -2.03. The molecule has 0 saturated heterocycles. The Morgan fingerprint density at radius 3 is 2.55 bits per heavy atom. The van der Waals surface area contributed by atoms with Crippen LogP contribution in [0.3, 0.4) is 0 Å². The summed E-state index contributed by atoms with van der Waals surface area (Å²) in [5.74, 6) is 2.10. The van der Waals surface area contributed by atoms with Crippen molar-refractivity contribution in [2.24, 2.45) is 0 Å². The highest BCUT2D eigenvalue weighted by Crippen LogP contribution is 2.27. The fourth-order valence-corrected chi connectivity index (χ4v) is 2.69. The highest BCUT2D eigenvalue weighted by atomic mass is 79.9. The summed E-state index contributed by atoms with van der Waals surface area (Å²) < 4.78 is 5.82. The first-order valence-electron chi connectivity index (χ1n) is 6.19. The van der Waals surface area contributed by atoms with Crippen molar-refractivity contribution < 1.29 is 4.74 Å². The van der Waals surface area contributed by atoms with Gasteiger partial charge in [-0.2, -0.15) is 0 Å². The lowest BCUT2D eigenvalue weighted by Gasteiger charge is -2.09. The summed E-state index contributed by atoms with van der Waals surface area (Å²) in [4.78, 5) is 10.1. The number of hydrogen-bond donors (Lipinski definition) is 1. The minimum Gasteiger partial charge on any atom is -0.383 e. The second-order valence-electron chi connectivity index (χ2n) is 4.08. The summed E-state index contributed by atoms with van der Waals surface area (Å²) in [6.07, 6.45) is 0. The highest BCUT2D eigenvalue weighted by molar-refractivity contribution is 9.10. The number of ether oxygens (including phenoxy) is 1. The summed E-state index contributed by atoms with van der Waals surface area (Å²) in [5.41, 5.74) is 7.61. The van der Waals surface area contributed by atoms with Crippen LogP contribution in [0.2, 0.25) is 0 Å². The SMILES string of the molecule is CCSc1ccc(-c2nc(N)c(Br)c(COC)n2)cc1. The zero-order chi connectivity index (χ0) is 14.5. The Kier molecular flexibility index (Phi) is 5.39. The summed E-state index contributed by atoms with van der Waals surface area (Å²) in [7, 11) is 1.63. The van der Waals surface area contributed by atoms with E-state index in [0.717, 1.165) is 17.0 Å². The molecule has 0 amide bonds. The third-order valence-electron chi connectivity index (χ3n) is 2.65. The second kappa shape index (κ2) is 7.06. The Labute approximate surface area is 131 Å². The van der Waals surface area contributed by atoms with Crippen LogP contribution in [0.25, 0.3) is 11.4 Å². The molecule has 0 aliphatic carbocycles. The van der Waals surface area contributed by atoms with Gasteiger partial charge < -0.3 is 10.5 Å². The van der Waals surface area contributed by atoms with E-state index in [0.29, 0.717) is 22.7 Å². The molecule has 0 spiro atoms. The van der Waals surface area contributed by atoms with Crippen LogP contribution in [0.1, 0.15) is 12.6 Å². The van der Waals surface area contributed by atoms with Crippen LogP contribution >= 0.6 is 27.7 Å². The maximum Gasteiger partial charge on any atom is 0.161 e. The number of anilines is 1. The molecule has 0 atom stereocenters. The second-order valence-corrected chi connectivity index (χ2v) is 6.21. The number of methoxy groups -OCH3 is 1. The number of rotatable bonds is 5. The topological polar surface area (TPSA) is 61.0 Å². The molecule has 1 aromatic heterocycles. The van der Waals surface area contributed by atoms with Crippen molar-refractivity contribution >= 4 is 33.5 Å². The zero-order valence-electron chi connectivity index (χ0n) is 11.4. The Balaban J connectivity index is 2.36. The van der Waals surface area contributed by atoms with Crippen molar-refractivity contribution in [2.45, 2.75) is 18.4 Å². The van der Waals surface area contributed by atoms with Crippen molar-refractivity contribution in [3.05, 3.63) is 34.4 Å². The fraction of sp³-hybridized carbons (Fsp3) is 0.286. The Morgan fingerprint density at radius 1 is 1.25 bits per heavy atom. The molecule has 0 radical (unpaired) electrons. The molecule has 0 aliphatic heterocycles. The average molecular weight is 354 g/mol. The van der Waals surface area contributed by atoms with Crippen molar-refractivity contribution in [3.8, 4) is 11.4 Å². The Morgan fingerprint density at radius 2 is 1.95 bits per heavy atom. The molecule has 0 saturated carbocycles. The summed E-state index contributed by atoms with van der Waals surface area (Å²) in [5, 5.41) is 0. The van der Waals surface area contributed by atoms with Gasteiger partial charge in [0.2, 0.25) is 0 Å². The number of nitrogen functional groups attached to an aromatic ring is 1. The Bertz CT molecular complexity index is 590. The summed E-state index contributed by atoms with van der Waals surface area (Å²) in [6, 6.07) is 8.16. The van der Waals surface area contributed by atoms with Gasteiger partial charge >= 0.3 is 0 Å². The lowest BCUT2D eigenvalue weighted by molar-refractivity contribution is 0.181. The van der Waals surface area contributed by atoms with Crippen molar-refractivity contribution in [3.63, 3.8) is 0 Å². The van der Waals surface area contributed by atoms with Gasteiger partial charge in [-0.1, -0.05) is 19.1 Å². The van der Waals surface area contributed by atoms with Crippen molar-refractivity contribution in [1.29, 1.82) is 0 Å². The van der Waals surface area contributed by atoms with E-state index >= 15 is 0 Å². The van der Waals surface area contributed by atoms with Crippen molar-refractivity contribution in [1.82, 2.24) is 9.97 Å². The first-order valence-corrected chi connectivity index (χ1v) is 7.97. The third kappa shape index (κ3) is 3.50. The zero-order valence-corrected chi connectivity index (χ0v) is 13.8. The van der Waals surface area contributed by atoms with Crippen LogP contribution < -0.4 is 5.73 Å². The number of aromatic nitrogens is 2. The van der Waals surface area contributed by atoms with Crippen LogP contribution in [0.15, 0.2) is 33.6 Å². The fourth-order valence-electron chi connectivity index (χ4n) is 1.74. The standard InChI is InChI=1S/C14H16BrN3OS/c1-3-20-10-6-4-9(5-7-10)14-17-11(8-19-2)12(15)13(16)18-14/h4-7H,3,8H2,1-2H3,(H2,16,17,18). The van der Waals surface area contributed by atoms with Crippen LogP contribution in [-0.2, 0) is 11.3 Å². The van der Waals surface area contributed by atoms with Crippen LogP contribution in [-0.4, -0.2) is 22.8 Å². The molecular formula is C14H16BrN3OS. The molecule has 1 aromatic carbocycles. The van der Waals surface area contributed by atoms with Gasteiger partial charge in [0.25, 0.3) is 0 Å². The quantitative estimate of drug-likeness (QED) is 0.829. The summed E-state index contributed by atoms with van der Waals surface area (Å²) >= 11 is 5.19. The molecule has 20 heavy (non-hydrogen) atoms. The van der Waals surface area contributed by atoms with Gasteiger partial charge in [0, 0.05) is 17.6 Å². The molecule has 106 valence electrons. The first kappa shape index (κ1) is 15.3. The maximum absolute atomic E-state index is 5.91. The average Bonchev–Trinajstić information content (AvgIpc) is 2.45. The van der Waals surface area contributed by atoms with E-state index in [9.17, 15) is 0 Å². The molecule has 0 bridgehead atoms. The predicted molar refractivity (Wildman–Crippen MR) is 86.7 cm³/mol. The molecular weight excluding hydrogens is 338 g/mol. The molecule has 0 unspecified atom stereocenters.